The minimum Gasteiger partial charge on any atom is -0.471 e. The molecule has 2 fully saturated rings. The highest BCUT2D eigenvalue weighted by Gasteiger charge is 2.21. The Bertz CT molecular complexity index is 956. The van der Waals surface area contributed by atoms with Crippen LogP contribution in [0, 0.1) is 0 Å². The van der Waals surface area contributed by atoms with E-state index >= 15 is 0 Å². The minimum absolute atomic E-state index is 0.0715. The SMILES string of the molecule is c1ncc(CN2CCN(c3ccc4ncnc(OC5CCOC5)c4c3)CC2)cn1. The fraction of sp³-hybridized carbons (Fsp3) is 0.429. The molecular weight excluding hydrogens is 368 g/mol. The number of fused-ring (bicyclic) bond motifs is 1. The zero-order chi connectivity index (χ0) is 19.5. The molecule has 29 heavy (non-hydrogen) atoms. The van der Waals surface area contributed by atoms with Gasteiger partial charge in [0.2, 0.25) is 5.88 Å². The second kappa shape index (κ2) is 8.26. The van der Waals surface area contributed by atoms with E-state index in [1.54, 1.807) is 12.7 Å². The molecule has 8 heteroatoms. The first-order chi connectivity index (χ1) is 14.3. The van der Waals surface area contributed by atoms with Gasteiger partial charge in [0.1, 0.15) is 18.8 Å². The molecule has 1 unspecified atom stereocenters. The van der Waals surface area contributed by atoms with Gasteiger partial charge in [0, 0.05) is 62.8 Å². The van der Waals surface area contributed by atoms with Gasteiger partial charge in [-0.2, -0.15) is 0 Å². The highest BCUT2D eigenvalue weighted by atomic mass is 16.5. The van der Waals surface area contributed by atoms with Crippen molar-refractivity contribution in [2.75, 3.05) is 44.3 Å². The molecule has 0 N–H and O–H groups in total. The molecule has 0 saturated carbocycles. The maximum atomic E-state index is 6.10. The van der Waals surface area contributed by atoms with E-state index in [0.717, 1.165) is 62.2 Å². The predicted molar refractivity (Wildman–Crippen MR) is 109 cm³/mol. The van der Waals surface area contributed by atoms with Gasteiger partial charge in [0.15, 0.2) is 0 Å². The van der Waals surface area contributed by atoms with E-state index in [1.807, 2.05) is 12.4 Å². The Morgan fingerprint density at radius 1 is 1.03 bits per heavy atom. The van der Waals surface area contributed by atoms with Crippen LogP contribution in [0.25, 0.3) is 10.9 Å². The van der Waals surface area contributed by atoms with Crippen LogP contribution in [0.2, 0.25) is 0 Å². The van der Waals surface area contributed by atoms with Crippen LogP contribution >= 0.6 is 0 Å². The molecule has 2 aliphatic heterocycles. The van der Waals surface area contributed by atoms with Crippen molar-refractivity contribution in [3.05, 3.63) is 48.8 Å². The minimum atomic E-state index is 0.0715. The summed E-state index contributed by atoms with van der Waals surface area (Å²) < 4.78 is 11.5. The van der Waals surface area contributed by atoms with Crippen molar-refractivity contribution in [3.8, 4) is 5.88 Å². The van der Waals surface area contributed by atoms with Gasteiger partial charge in [0.25, 0.3) is 0 Å². The average molecular weight is 392 g/mol. The summed E-state index contributed by atoms with van der Waals surface area (Å²) in [6, 6.07) is 6.34. The van der Waals surface area contributed by atoms with E-state index in [9.17, 15) is 0 Å². The standard InChI is InChI=1S/C21H24N6O2/c1-2-20-19(21(25-15-24-20)29-18-3-8-28-13-18)9-17(1)27-6-4-26(5-7-27)12-16-10-22-14-23-11-16/h1-2,9-11,14-15,18H,3-8,12-13H2. The Morgan fingerprint density at radius 3 is 2.69 bits per heavy atom. The summed E-state index contributed by atoms with van der Waals surface area (Å²) in [4.78, 5) is 21.9. The van der Waals surface area contributed by atoms with Crippen LogP contribution in [-0.4, -0.2) is 70.3 Å². The van der Waals surface area contributed by atoms with E-state index in [1.165, 1.54) is 5.69 Å². The summed E-state index contributed by atoms with van der Waals surface area (Å²) in [6.07, 6.45) is 7.89. The summed E-state index contributed by atoms with van der Waals surface area (Å²) in [6.45, 7) is 6.21. The summed E-state index contributed by atoms with van der Waals surface area (Å²) in [7, 11) is 0. The summed E-state index contributed by atoms with van der Waals surface area (Å²) in [5.41, 5.74) is 3.24. The highest BCUT2D eigenvalue weighted by molar-refractivity contribution is 5.86. The zero-order valence-electron chi connectivity index (χ0n) is 16.3. The number of aromatic nitrogens is 4. The lowest BCUT2D eigenvalue weighted by molar-refractivity contribution is 0.139. The van der Waals surface area contributed by atoms with Crippen LogP contribution in [0.3, 0.4) is 0 Å². The first kappa shape index (κ1) is 18.2. The number of benzene rings is 1. The average Bonchev–Trinajstić information content (AvgIpc) is 3.28. The second-order valence-electron chi connectivity index (χ2n) is 7.49. The Balaban J connectivity index is 1.29. The van der Waals surface area contributed by atoms with Gasteiger partial charge in [0.05, 0.1) is 24.1 Å². The molecule has 150 valence electrons. The van der Waals surface area contributed by atoms with Crippen LogP contribution in [-0.2, 0) is 11.3 Å². The van der Waals surface area contributed by atoms with Gasteiger partial charge in [-0.1, -0.05) is 0 Å². The molecule has 1 aromatic carbocycles. The van der Waals surface area contributed by atoms with Crippen molar-refractivity contribution in [3.63, 3.8) is 0 Å². The molecule has 0 aliphatic carbocycles. The molecule has 2 saturated heterocycles. The van der Waals surface area contributed by atoms with Crippen molar-refractivity contribution >= 4 is 16.6 Å². The number of ether oxygens (including phenoxy) is 2. The molecule has 3 aromatic rings. The number of piperazine rings is 1. The van der Waals surface area contributed by atoms with Gasteiger partial charge < -0.3 is 14.4 Å². The Hall–Kier alpha value is -2.84. The highest BCUT2D eigenvalue weighted by Crippen LogP contribution is 2.29. The lowest BCUT2D eigenvalue weighted by Gasteiger charge is -2.36. The molecule has 2 aromatic heterocycles. The maximum Gasteiger partial charge on any atom is 0.224 e. The predicted octanol–water partition coefficient (Wildman–Crippen LogP) is 1.91. The lowest BCUT2D eigenvalue weighted by atomic mass is 10.1. The molecule has 4 heterocycles. The first-order valence-electron chi connectivity index (χ1n) is 10.1. The van der Waals surface area contributed by atoms with Gasteiger partial charge >= 0.3 is 0 Å². The number of nitrogens with zero attached hydrogens (tertiary/aromatic N) is 6. The summed E-state index contributed by atoms with van der Waals surface area (Å²) in [5.74, 6) is 0.648. The van der Waals surface area contributed by atoms with Crippen molar-refractivity contribution in [2.24, 2.45) is 0 Å². The van der Waals surface area contributed by atoms with Crippen molar-refractivity contribution in [1.82, 2.24) is 24.8 Å². The molecule has 8 nitrogen and oxygen atoms in total. The first-order valence-corrected chi connectivity index (χ1v) is 10.1. The van der Waals surface area contributed by atoms with Crippen LogP contribution in [0.1, 0.15) is 12.0 Å². The smallest absolute Gasteiger partial charge is 0.224 e. The molecular formula is C21H24N6O2. The van der Waals surface area contributed by atoms with Gasteiger partial charge in [-0.15, -0.1) is 0 Å². The van der Waals surface area contributed by atoms with Crippen LogP contribution in [0.15, 0.2) is 43.2 Å². The lowest BCUT2D eigenvalue weighted by Crippen LogP contribution is -2.46. The number of hydrogen-bond acceptors (Lipinski definition) is 8. The van der Waals surface area contributed by atoms with E-state index in [0.29, 0.717) is 12.5 Å². The second-order valence-corrected chi connectivity index (χ2v) is 7.49. The monoisotopic (exact) mass is 392 g/mol. The van der Waals surface area contributed by atoms with E-state index < -0.39 is 0 Å². The quantitative estimate of drug-likeness (QED) is 0.652. The molecule has 5 rings (SSSR count). The fourth-order valence-electron chi connectivity index (χ4n) is 3.91. The van der Waals surface area contributed by atoms with E-state index in [4.69, 9.17) is 9.47 Å². The molecule has 0 bridgehead atoms. The maximum absolute atomic E-state index is 6.10. The topological polar surface area (TPSA) is 76.5 Å². The number of hydrogen-bond donors (Lipinski definition) is 0. The largest absolute Gasteiger partial charge is 0.471 e. The van der Waals surface area contributed by atoms with Crippen LogP contribution in [0.5, 0.6) is 5.88 Å². The normalized spacial score (nSPS) is 20.3. The molecule has 2 aliphatic rings. The molecule has 1 atom stereocenters. The van der Waals surface area contributed by atoms with Crippen molar-refractivity contribution in [1.29, 1.82) is 0 Å². The summed E-state index contributed by atoms with van der Waals surface area (Å²) in [5, 5.41) is 0.959. The van der Waals surface area contributed by atoms with Crippen LogP contribution in [0.4, 0.5) is 5.69 Å². The third-order valence-corrected chi connectivity index (χ3v) is 5.51. The van der Waals surface area contributed by atoms with Crippen molar-refractivity contribution in [2.45, 2.75) is 19.1 Å². The van der Waals surface area contributed by atoms with Gasteiger partial charge in [-0.3, -0.25) is 4.90 Å². The molecule has 0 radical (unpaired) electrons. The Kier molecular flexibility index (Phi) is 5.19. The number of rotatable bonds is 5. The van der Waals surface area contributed by atoms with E-state index in [2.05, 4.69) is 47.9 Å². The van der Waals surface area contributed by atoms with Gasteiger partial charge in [-0.05, 0) is 18.2 Å². The number of anilines is 1. The zero-order valence-corrected chi connectivity index (χ0v) is 16.3. The third-order valence-electron chi connectivity index (χ3n) is 5.51. The van der Waals surface area contributed by atoms with E-state index in [-0.39, 0.29) is 6.10 Å². The van der Waals surface area contributed by atoms with Gasteiger partial charge in [-0.25, -0.2) is 19.9 Å². The summed E-state index contributed by atoms with van der Waals surface area (Å²) >= 11 is 0. The Morgan fingerprint density at radius 2 is 1.90 bits per heavy atom. The third kappa shape index (κ3) is 4.13. The molecule has 0 amide bonds. The fourth-order valence-corrected chi connectivity index (χ4v) is 3.91. The molecule has 0 spiro atoms. The van der Waals surface area contributed by atoms with Crippen molar-refractivity contribution < 1.29 is 9.47 Å². The van der Waals surface area contributed by atoms with Crippen LogP contribution < -0.4 is 9.64 Å². The Labute approximate surface area is 169 Å².